The molecule has 0 aromatic heterocycles. The van der Waals surface area contributed by atoms with E-state index in [1.165, 1.54) is 12.9 Å². The van der Waals surface area contributed by atoms with Gasteiger partial charge in [0.25, 0.3) is 0 Å². The van der Waals surface area contributed by atoms with Gasteiger partial charge in [0.05, 0.1) is 7.11 Å². The summed E-state index contributed by atoms with van der Waals surface area (Å²) in [5, 5.41) is 0. The zero-order valence-electron chi connectivity index (χ0n) is 8.70. The van der Waals surface area contributed by atoms with Crippen LogP contribution in [0.15, 0.2) is 0 Å². The van der Waals surface area contributed by atoms with Gasteiger partial charge in [0.1, 0.15) is 0 Å². The van der Waals surface area contributed by atoms with Gasteiger partial charge in [-0.2, -0.15) is 11.8 Å². The molecule has 0 unspecified atom stereocenters. The van der Waals surface area contributed by atoms with Crippen LogP contribution in [0, 0.1) is 5.92 Å². The lowest BCUT2D eigenvalue weighted by atomic mass is 9.91. The Kier molecular flexibility index (Phi) is 5.33. The van der Waals surface area contributed by atoms with Crippen molar-refractivity contribution in [2.75, 3.05) is 18.6 Å². The van der Waals surface area contributed by atoms with Crippen LogP contribution in [-0.2, 0) is 9.53 Å². The molecule has 4 heteroatoms. The van der Waals surface area contributed by atoms with Crippen LogP contribution in [-0.4, -0.2) is 30.6 Å². The molecule has 0 amide bonds. The van der Waals surface area contributed by atoms with Gasteiger partial charge in [-0.05, 0) is 36.7 Å². The Morgan fingerprint density at radius 3 is 2.93 bits per heavy atom. The van der Waals surface area contributed by atoms with E-state index < -0.39 is 0 Å². The molecule has 0 spiro atoms. The first-order chi connectivity index (χ1) is 6.74. The lowest BCUT2D eigenvalue weighted by Crippen LogP contribution is -2.30. The van der Waals surface area contributed by atoms with Crippen LogP contribution in [0.2, 0.25) is 0 Å². The van der Waals surface area contributed by atoms with Crippen molar-refractivity contribution in [2.45, 2.75) is 31.7 Å². The highest BCUT2D eigenvalue weighted by Crippen LogP contribution is 2.25. The van der Waals surface area contributed by atoms with Gasteiger partial charge in [-0.15, -0.1) is 0 Å². The quantitative estimate of drug-likeness (QED) is 0.726. The summed E-state index contributed by atoms with van der Waals surface area (Å²) in [6.45, 7) is 0. The van der Waals surface area contributed by atoms with Crippen molar-refractivity contribution in [3.05, 3.63) is 0 Å². The second-order valence-electron chi connectivity index (χ2n) is 3.73. The van der Waals surface area contributed by atoms with Gasteiger partial charge in [-0.25, -0.2) is 0 Å². The maximum absolute atomic E-state index is 11.0. The molecule has 3 nitrogen and oxygen atoms in total. The van der Waals surface area contributed by atoms with Gasteiger partial charge < -0.3 is 10.5 Å². The van der Waals surface area contributed by atoms with Crippen LogP contribution in [0.1, 0.15) is 25.7 Å². The molecule has 0 aromatic carbocycles. The summed E-state index contributed by atoms with van der Waals surface area (Å²) < 4.78 is 4.62. The topological polar surface area (TPSA) is 52.3 Å². The summed E-state index contributed by atoms with van der Waals surface area (Å²) in [6.07, 6.45) is 3.62. The summed E-state index contributed by atoms with van der Waals surface area (Å²) in [5.41, 5.74) is 6.04. The van der Waals surface area contributed by atoms with E-state index in [1.54, 1.807) is 0 Å². The number of esters is 1. The minimum atomic E-state index is -0.117. The molecular weight excluding hydrogens is 198 g/mol. The minimum absolute atomic E-state index is 0.117. The van der Waals surface area contributed by atoms with Crippen LogP contribution in [0.3, 0.4) is 0 Å². The first kappa shape index (κ1) is 11.9. The third-order valence-electron chi connectivity index (χ3n) is 2.78. The molecule has 2 atom stereocenters. The summed E-state index contributed by atoms with van der Waals surface area (Å²) in [7, 11) is 1.44. The molecule has 1 saturated heterocycles. The molecular formula is C10H19NO2S. The first-order valence-corrected chi connectivity index (χ1v) is 6.29. The Bertz CT molecular complexity index is 187. The van der Waals surface area contributed by atoms with Crippen LogP contribution >= 0.6 is 11.8 Å². The van der Waals surface area contributed by atoms with Crippen molar-refractivity contribution >= 4 is 17.7 Å². The molecule has 0 radical (unpaired) electrons. The fourth-order valence-corrected chi connectivity index (χ4v) is 2.88. The smallest absolute Gasteiger partial charge is 0.305 e. The number of rotatable bonds is 3. The molecule has 1 aliphatic rings. The van der Waals surface area contributed by atoms with Crippen molar-refractivity contribution in [1.82, 2.24) is 0 Å². The Balaban J connectivity index is 2.29. The van der Waals surface area contributed by atoms with Gasteiger partial charge >= 0.3 is 5.97 Å². The number of hydrogen-bond donors (Lipinski definition) is 1. The SMILES string of the molecule is COC(=O)CC[C@H]1CCSCC[C@@H]1N. The van der Waals surface area contributed by atoms with E-state index in [1.807, 2.05) is 11.8 Å². The average Bonchev–Trinajstić information content (AvgIpc) is 2.39. The third kappa shape index (κ3) is 3.88. The minimum Gasteiger partial charge on any atom is -0.469 e. The molecule has 1 aliphatic heterocycles. The van der Waals surface area contributed by atoms with Crippen molar-refractivity contribution in [3.63, 3.8) is 0 Å². The predicted molar refractivity (Wildman–Crippen MR) is 59.3 cm³/mol. The fraction of sp³-hybridized carbons (Fsp3) is 0.900. The molecule has 2 N–H and O–H groups in total. The molecule has 0 aromatic rings. The van der Waals surface area contributed by atoms with Crippen molar-refractivity contribution in [3.8, 4) is 0 Å². The predicted octanol–water partition coefficient (Wildman–Crippen LogP) is 1.41. The van der Waals surface area contributed by atoms with E-state index >= 15 is 0 Å². The average molecular weight is 217 g/mol. The molecule has 82 valence electrons. The number of carbonyl (C=O) groups excluding carboxylic acids is 1. The molecule has 0 saturated carbocycles. The standard InChI is InChI=1S/C10H19NO2S/c1-13-10(12)3-2-8-4-6-14-7-5-9(8)11/h8-9H,2-7,11H2,1H3/t8-,9-/m0/s1. The second kappa shape index (κ2) is 6.30. The number of ether oxygens (including phenoxy) is 1. The lowest BCUT2D eigenvalue weighted by molar-refractivity contribution is -0.141. The van der Waals surface area contributed by atoms with Gasteiger partial charge in [0.2, 0.25) is 0 Å². The van der Waals surface area contributed by atoms with E-state index in [-0.39, 0.29) is 12.0 Å². The molecule has 1 fully saturated rings. The van der Waals surface area contributed by atoms with E-state index in [4.69, 9.17) is 5.73 Å². The highest BCUT2D eigenvalue weighted by Gasteiger charge is 2.21. The van der Waals surface area contributed by atoms with Gasteiger partial charge in [0, 0.05) is 12.5 Å². The Hall–Kier alpha value is -0.220. The summed E-state index contributed by atoms with van der Waals surface area (Å²) in [5.74, 6) is 2.73. The number of thioether (sulfide) groups is 1. The highest BCUT2D eigenvalue weighted by molar-refractivity contribution is 7.99. The van der Waals surface area contributed by atoms with Crippen LogP contribution in [0.4, 0.5) is 0 Å². The van der Waals surface area contributed by atoms with E-state index in [0.717, 1.165) is 25.0 Å². The lowest BCUT2D eigenvalue weighted by Gasteiger charge is -2.19. The molecule has 1 rings (SSSR count). The maximum atomic E-state index is 11.0. The molecule has 0 bridgehead atoms. The molecule has 0 aliphatic carbocycles. The third-order valence-corrected chi connectivity index (χ3v) is 3.83. The highest BCUT2D eigenvalue weighted by atomic mass is 32.2. The monoisotopic (exact) mass is 217 g/mol. The molecule has 14 heavy (non-hydrogen) atoms. The van der Waals surface area contributed by atoms with E-state index in [0.29, 0.717) is 12.3 Å². The zero-order chi connectivity index (χ0) is 10.4. The van der Waals surface area contributed by atoms with Crippen LogP contribution < -0.4 is 5.73 Å². The van der Waals surface area contributed by atoms with Crippen LogP contribution in [0.25, 0.3) is 0 Å². The second-order valence-corrected chi connectivity index (χ2v) is 4.95. The largest absolute Gasteiger partial charge is 0.469 e. The number of hydrogen-bond acceptors (Lipinski definition) is 4. The normalized spacial score (nSPS) is 28.1. The van der Waals surface area contributed by atoms with E-state index in [9.17, 15) is 4.79 Å². The van der Waals surface area contributed by atoms with E-state index in [2.05, 4.69) is 4.74 Å². The van der Waals surface area contributed by atoms with Gasteiger partial charge in [-0.3, -0.25) is 4.79 Å². The summed E-state index contributed by atoms with van der Waals surface area (Å²) >= 11 is 1.97. The zero-order valence-corrected chi connectivity index (χ0v) is 9.52. The number of nitrogens with two attached hydrogens (primary N) is 1. The first-order valence-electron chi connectivity index (χ1n) is 5.14. The number of methoxy groups -OCH3 is 1. The Morgan fingerprint density at radius 2 is 2.21 bits per heavy atom. The van der Waals surface area contributed by atoms with Crippen molar-refractivity contribution in [2.24, 2.45) is 11.7 Å². The summed E-state index contributed by atoms with van der Waals surface area (Å²) in [4.78, 5) is 11.0. The maximum Gasteiger partial charge on any atom is 0.305 e. The van der Waals surface area contributed by atoms with Gasteiger partial charge in [0.15, 0.2) is 0 Å². The van der Waals surface area contributed by atoms with Crippen molar-refractivity contribution < 1.29 is 9.53 Å². The number of carbonyl (C=O) groups is 1. The Labute approximate surface area is 89.8 Å². The van der Waals surface area contributed by atoms with Crippen molar-refractivity contribution in [1.29, 1.82) is 0 Å². The van der Waals surface area contributed by atoms with Gasteiger partial charge in [-0.1, -0.05) is 0 Å². The summed E-state index contributed by atoms with van der Waals surface area (Å²) in [6, 6.07) is 0.273. The fourth-order valence-electron chi connectivity index (χ4n) is 1.77. The van der Waals surface area contributed by atoms with Crippen LogP contribution in [0.5, 0.6) is 0 Å². The Morgan fingerprint density at radius 1 is 1.50 bits per heavy atom. The molecule has 1 heterocycles.